The SMILES string of the molecule is O=C(NCC1CCCC1CO)C1Cc2cc(Cl)ccc2O1. The van der Waals surface area contributed by atoms with Gasteiger partial charge in [0.1, 0.15) is 5.75 Å². The third kappa shape index (κ3) is 3.16. The number of aliphatic hydroxyl groups is 1. The standard InChI is InChI=1S/C16H20ClNO3/c17-13-4-5-14-12(6-13)7-15(21-14)16(20)18-8-10-2-1-3-11(10)9-19/h4-6,10-11,15,19H,1-3,7-9H2,(H,18,20). The van der Waals surface area contributed by atoms with Gasteiger partial charge in [0.2, 0.25) is 0 Å². The molecule has 1 heterocycles. The van der Waals surface area contributed by atoms with Crippen molar-refractivity contribution in [2.24, 2.45) is 11.8 Å². The third-order valence-electron chi connectivity index (χ3n) is 4.58. The lowest BCUT2D eigenvalue weighted by atomic mass is 9.97. The molecule has 5 heteroatoms. The molecule has 1 fully saturated rings. The van der Waals surface area contributed by atoms with Crippen molar-refractivity contribution in [1.82, 2.24) is 5.32 Å². The summed E-state index contributed by atoms with van der Waals surface area (Å²) in [4.78, 5) is 12.2. The van der Waals surface area contributed by atoms with Crippen molar-refractivity contribution in [2.45, 2.75) is 31.8 Å². The molecule has 3 atom stereocenters. The van der Waals surface area contributed by atoms with Crippen LogP contribution in [0.15, 0.2) is 18.2 Å². The average Bonchev–Trinajstić information content (AvgIpc) is 3.10. The van der Waals surface area contributed by atoms with Crippen LogP contribution in [0.25, 0.3) is 0 Å². The van der Waals surface area contributed by atoms with Crippen molar-refractivity contribution in [3.63, 3.8) is 0 Å². The molecule has 0 aromatic heterocycles. The van der Waals surface area contributed by atoms with E-state index in [2.05, 4.69) is 5.32 Å². The molecule has 2 aliphatic rings. The maximum Gasteiger partial charge on any atom is 0.261 e. The van der Waals surface area contributed by atoms with Crippen LogP contribution in [0.2, 0.25) is 5.02 Å². The van der Waals surface area contributed by atoms with Crippen molar-refractivity contribution < 1.29 is 14.6 Å². The smallest absolute Gasteiger partial charge is 0.261 e. The quantitative estimate of drug-likeness (QED) is 0.896. The summed E-state index contributed by atoms with van der Waals surface area (Å²) in [6, 6.07) is 5.43. The minimum absolute atomic E-state index is 0.0779. The third-order valence-corrected chi connectivity index (χ3v) is 4.81. The highest BCUT2D eigenvalue weighted by Gasteiger charge is 2.31. The molecule has 0 spiro atoms. The first-order valence-corrected chi connectivity index (χ1v) is 7.89. The van der Waals surface area contributed by atoms with E-state index in [0.717, 1.165) is 30.6 Å². The number of fused-ring (bicyclic) bond motifs is 1. The predicted molar refractivity (Wildman–Crippen MR) is 80.5 cm³/mol. The molecule has 1 aromatic carbocycles. The largest absolute Gasteiger partial charge is 0.480 e. The summed E-state index contributed by atoms with van der Waals surface area (Å²) in [6.45, 7) is 0.839. The van der Waals surface area contributed by atoms with E-state index in [1.54, 1.807) is 6.07 Å². The lowest BCUT2D eigenvalue weighted by Gasteiger charge is -2.19. The van der Waals surface area contributed by atoms with Gasteiger partial charge in [-0.1, -0.05) is 18.0 Å². The van der Waals surface area contributed by atoms with Crippen LogP contribution in [-0.2, 0) is 11.2 Å². The normalized spacial score (nSPS) is 27.2. The van der Waals surface area contributed by atoms with Gasteiger partial charge in [0.15, 0.2) is 6.10 Å². The highest BCUT2D eigenvalue weighted by atomic mass is 35.5. The Bertz CT molecular complexity index is 534. The molecule has 0 bridgehead atoms. The summed E-state index contributed by atoms with van der Waals surface area (Å²) in [6.07, 6.45) is 3.37. The van der Waals surface area contributed by atoms with E-state index >= 15 is 0 Å². The van der Waals surface area contributed by atoms with Crippen LogP contribution in [0.5, 0.6) is 5.75 Å². The van der Waals surface area contributed by atoms with Crippen molar-refractivity contribution in [3.05, 3.63) is 28.8 Å². The first-order valence-electron chi connectivity index (χ1n) is 7.51. The number of ether oxygens (including phenoxy) is 1. The number of benzene rings is 1. The summed E-state index contributed by atoms with van der Waals surface area (Å²) >= 11 is 5.95. The van der Waals surface area contributed by atoms with Crippen molar-refractivity contribution >= 4 is 17.5 Å². The van der Waals surface area contributed by atoms with E-state index in [-0.39, 0.29) is 12.5 Å². The number of carbonyl (C=O) groups is 1. The van der Waals surface area contributed by atoms with Gasteiger partial charge in [-0.15, -0.1) is 0 Å². The van der Waals surface area contributed by atoms with Gasteiger partial charge in [-0.3, -0.25) is 4.79 Å². The topological polar surface area (TPSA) is 58.6 Å². The first kappa shape index (κ1) is 14.7. The zero-order valence-electron chi connectivity index (χ0n) is 11.8. The van der Waals surface area contributed by atoms with Gasteiger partial charge in [0.05, 0.1) is 0 Å². The summed E-state index contributed by atoms with van der Waals surface area (Å²) in [5.74, 6) is 1.38. The second-order valence-corrected chi connectivity index (χ2v) is 6.38. The summed E-state index contributed by atoms with van der Waals surface area (Å²) in [5, 5.41) is 12.9. The van der Waals surface area contributed by atoms with Gasteiger partial charge in [-0.05, 0) is 48.4 Å². The average molecular weight is 310 g/mol. The Morgan fingerprint density at radius 1 is 1.38 bits per heavy atom. The maximum atomic E-state index is 12.2. The Morgan fingerprint density at radius 3 is 3.00 bits per heavy atom. The van der Waals surface area contributed by atoms with Gasteiger partial charge in [-0.2, -0.15) is 0 Å². The lowest BCUT2D eigenvalue weighted by molar-refractivity contribution is -0.127. The van der Waals surface area contributed by atoms with Crippen molar-refractivity contribution in [1.29, 1.82) is 0 Å². The second-order valence-electron chi connectivity index (χ2n) is 5.94. The highest BCUT2D eigenvalue weighted by Crippen LogP contribution is 2.32. The van der Waals surface area contributed by atoms with Crippen molar-refractivity contribution in [2.75, 3.05) is 13.2 Å². The van der Waals surface area contributed by atoms with E-state index in [1.165, 1.54) is 0 Å². The Balaban J connectivity index is 1.53. The zero-order valence-corrected chi connectivity index (χ0v) is 12.6. The van der Waals surface area contributed by atoms with Crippen LogP contribution < -0.4 is 10.1 Å². The number of aliphatic hydroxyl groups excluding tert-OH is 1. The second kappa shape index (κ2) is 6.24. The van der Waals surface area contributed by atoms with Crippen LogP contribution in [0.1, 0.15) is 24.8 Å². The summed E-state index contributed by atoms with van der Waals surface area (Å²) in [5.41, 5.74) is 0.983. The van der Waals surface area contributed by atoms with E-state index < -0.39 is 6.10 Å². The summed E-state index contributed by atoms with van der Waals surface area (Å²) in [7, 11) is 0. The number of amides is 1. The fraction of sp³-hybridized carbons (Fsp3) is 0.562. The van der Waals surface area contributed by atoms with Crippen LogP contribution >= 0.6 is 11.6 Å². The molecule has 0 radical (unpaired) electrons. The Morgan fingerprint density at radius 2 is 2.19 bits per heavy atom. The Labute approximate surface area is 129 Å². The molecule has 3 unspecified atom stereocenters. The molecule has 1 amide bonds. The van der Waals surface area contributed by atoms with Gasteiger partial charge in [0, 0.05) is 24.6 Å². The predicted octanol–water partition coefficient (Wildman–Crippen LogP) is 2.17. The number of hydrogen-bond acceptors (Lipinski definition) is 3. The number of rotatable bonds is 4. The molecule has 0 saturated heterocycles. The minimum Gasteiger partial charge on any atom is -0.480 e. The first-order chi connectivity index (χ1) is 10.2. The fourth-order valence-corrected chi connectivity index (χ4v) is 3.53. The summed E-state index contributed by atoms with van der Waals surface area (Å²) < 4.78 is 5.67. The Kier molecular flexibility index (Phi) is 4.36. The molecule has 114 valence electrons. The molecule has 3 rings (SSSR count). The van der Waals surface area contributed by atoms with Gasteiger partial charge in [-0.25, -0.2) is 0 Å². The Hall–Kier alpha value is -1.26. The zero-order chi connectivity index (χ0) is 14.8. The molecule has 21 heavy (non-hydrogen) atoms. The molecule has 1 saturated carbocycles. The maximum absolute atomic E-state index is 12.2. The highest BCUT2D eigenvalue weighted by molar-refractivity contribution is 6.30. The van der Waals surface area contributed by atoms with Crippen LogP contribution in [-0.4, -0.2) is 30.3 Å². The minimum atomic E-state index is -0.465. The molecular formula is C16H20ClNO3. The monoisotopic (exact) mass is 309 g/mol. The van der Waals surface area contributed by atoms with Crippen LogP contribution in [0, 0.1) is 11.8 Å². The van der Waals surface area contributed by atoms with E-state index in [0.29, 0.717) is 29.8 Å². The molecule has 2 N–H and O–H groups in total. The number of halogens is 1. The fourth-order valence-electron chi connectivity index (χ4n) is 3.33. The molecular weight excluding hydrogens is 290 g/mol. The number of hydrogen-bond donors (Lipinski definition) is 2. The van der Waals surface area contributed by atoms with E-state index in [4.69, 9.17) is 16.3 Å². The molecule has 1 aliphatic carbocycles. The van der Waals surface area contributed by atoms with Crippen LogP contribution in [0.3, 0.4) is 0 Å². The lowest BCUT2D eigenvalue weighted by Crippen LogP contribution is -2.40. The van der Waals surface area contributed by atoms with Gasteiger partial charge >= 0.3 is 0 Å². The van der Waals surface area contributed by atoms with Crippen molar-refractivity contribution in [3.8, 4) is 5.75 Å². The number of carbonyl (C=O) groups excluding carboxylic acids is 1. The molecule has 4 nitrogen and oxygen atoms in total. The van der Waals surface area contributed by atoms with Crippen LogP contribution in [0.4, 0.5) is 0 Å². The number of nitrogens with one attached hydrogen (secondary N) is 1. The molecule has 1 aliphatic heterocycles. The molecule has 1 aromatic rings. The van der Waals surface area contributed by atoms with Gasteiger partial charge < -0.3 is 15.2 Å². The van der Waals surface area contributed by atoms with E-state index in [1.807, 2.05) is 12.1 Å². The van der Waals surface area contributed by atoms with E-state index in [9.17, 15) is 9.90 Å². The van der Waals surface area contributed by atoms with Gasteiger partial charge in [0.25, 0.3) is 5.91 Å².